The molecule has 1 fully saturated rings. The van der Waals surface area contributed by atoms with Gasteiger partial charge in [0.15, 0.2) is 0 Å². The monoisotopic (exact) mass is 255 g/mol. The Morgan fingerprint density at radius 1 is 1.44 bits per heavy atom. The van der Waals surface area contributed by atoms with E-state index in [-0.39, 0.29) is 24.4 Å². The summed E-state index contributed by atoms with van der Waals surface area (Å²) in [6, 6.07) is 3.22. The minimum atomic E-state index is -0.940. The van der Waals surface area contributed by atoms with Gasteiger partial charge in [-0.3, -0.25) is 4.79 Å². The van der Waals surface area contributed by atoms with Crippen molar-refractivity contribution in [1.29, 1.82) is 0 Å². The van der Waals surface area contributed by atoms with E-state index in [9.17, 15) is 13.6 Å². The molecule has 0 aliphatic heterocycles. The molecule has 2 rings (SSSR count). The van der Waals surface area contributed by atoms with Crippen LogP contribution in [-0.4, -0.2) is 23.2 Å². The number of nitrogens with one attached hydrogen (secondary N) is 1. The van der Waals surface area contributed by atoms with Crippen LogP contribution in [0.4, 0.5) is 8.78 Å². The second-order valence-corrected chi connectivity index (χ2v) is 4.68. The highest BCUT2D eigenvalue weighted by Gasteiger charge is 2.26. The largest absolute Gasteiger partial charge is 0.481 e. The molecule has 3 nitrogen and oxygen atoms in total. The summed E-state index contributed by atoms with van der Waals surface area (Å²) in [7, 11) is 0. The maximum atomic E-state index is 13.5. The summed E-state index contributed by atoms with van der Waals surface area (Å²) in [5.74, 6) is -1.94. The van der Waals surface area contributed by atoms with E-state index in [0.29, 0.717) is 6.04 Å². The molecule has 0 aromatic heterocycles. The summed E-state index contributed by atoms with van der Waals surface area (Å²) >= 11 is 0. The highest BCUT2D eigenvalue weighted by molar-refractivity contribution is 5.67. The van der Waals surface area contributed by atoms with Gasteiger partial charge in [-0.05, 0) is 43.0 Å². The normalized spacial score (nSPS) is 16.6. The molecule has 1 aliphatic rings. The zero-order valence-electron chi connectivity index (χ0n) is 9.83. The van der Waals surface area contributed by atoms with Gasteiger partial charge >= 0.3 is 5.97 Å². The Hall–Kier alpha value is -1.49. The smallest absolute Gasteiger partial charge is 0.304 e. The van der Waals surface area contributed by atoms with Gasteiger partial charge in [-0.25, -0.2) is 8.78 Å². The molecule has 0 spiro atoms. The molecule has 5 heteroatoms. The van der Waals surface area contributed by atoms with Gasteiger partial charge in [-0.15, -0.1) is 0 Å². The van der Waals surface area contributed by atoms with Crippen molar-refractivity contribution in [3.63, 3.8) is 0 Å². The maximum absolute atomic E-state index is 13.5. The SMILES string of the molecule is O=C(O)CC(Cc1cc(F)ccc1F)NC1CC1. The third-order valence-electron chi connectivity index (χ3n) is 2.94. The predicted molar refractivity (Wildman–Crippen MR) is 62.3 cm³/mol. The summed E-state index contributed by atoms with van der Waals surface area (Å²) < 4.78 is 26.5. The Morgan fingerprint density at radius 3 is 2.78 bits per heavy atom. The molecule has 0 saturated heterocycles. The van der Waals surface area contributed by atoms with Crippen LogP contribution in [0.5, 0.6) is 0 Å². The van der Waals surface area contributed by atoms with E-state index in [1.54, 1.807) is 0 Å². The van der Waals surface area contributed by atoms with E-state index in [1.807, 2.05) is 0 Å². The second kappa shape index (κ2) is 5.44. The van der Waals surface area contributed by atoms with Crippen molar-refractivity contribution >= 4 is 5.97 Å². The lowest BCUT2D eigenvalue weighted by Gasteiger charge is -2.17. The van der Waals surface area contributed by atoms with E-state index in [0.717, 1.165) is 31.0 Å². The van der Waals surface area contributed by atoms with Crippen molar-refractivity contribution in [2.24, 2.45) is 0 Å². The molecule has 1 saturated carbocycles. The molecule has 1 unspecified atom stereocenters. The molecule has 1 aliphatic carbocycles. The molecule has 0 amide bonds. The van der Waals surface area contributed by atoms with Gasteiger partial charge in [0.2, 0.25) is 0 Å². The van der Waals surface area contributed by atoms with Crippen LogP contribution in [-0.2, 0) is 11.2 Å². The molecule has 1 aromatic rings. The first-order chi connectivity index (χ1) is 8.54. The molecular formula is C13H15F2NO2. The average molecular weight is 255 g/mol. The van der Waals surface area contributed by atoms with Gasteiger partial charge in [0.1, 0.15) is 11.6 Å². The van der Waals surface area contributed by atoms with Crippen molar-refractivity contribution in [3.05, 3.63) is 35.4 Å². The fourth-order valence-corrected chi connectivity index (χ4v) is 1.95. The molecular weight excluding hydrogens is 240 g/mol. The van der Waals surface area contributed by atoms with E-state index >= 15 is 0 Å². The van der Waals surface area contributed by atoms with Crippen LogP contribution in [0.2, 0.25) is 0 Å². The molecule has 1 atom stereocenters. The number of benzene rings is 1. The molecule has 18 heavy (non-hydrogen) atoms. The summed E-state index contributed by atoms with van der Waals surface area (Å²) in [5.41, 5.74) is 0.217. The van der Waals surface area contributed by atoms with Crippen LogP contribution in [0.1, 0.15) is 24.8 Å². The van der Waals surface area contributed by atoms with Gasteiger partial charge in [0.05, 0.1) is 6.42 Å². The minimum Gasteiger partial charge on any atom is -0.481 e. The van der Waals surface area contributed by atoms with Crippen molar-refractivity contribution in [2.45, 2.75) is 37.8 Å². The van der Waals surface area contributed by atoms with Crippen LogP contribution in [0.15, 0.2) is 18.2 Å². The number of carboxylic acid groups (broad SMARTS) is 1. The topological polar surface area (TPSA) is 49.3 Å². The van der Waals surface area contributed by atoms with Crippen molar-refractivity contribution in [3.8, 4) is 0 Å². The van der Waals surface area contributed by atoms with Gasteiger partial charge in [0.25, 0.3) is 0 Å². The van der Waals surface area contributed by atoms with Gasteiger partial charge in [-0.2, -0.15) is 0 Å². The van der Waals surface area contributed by atoms with Gasteiger partial charge < -0.3 is 10.4 Å². The lowest BCUT2D eigenvalue weighted by atomic mass is 10.0. The summed E-state index contributed by atoms with van der Waals surface area (Å²) in [4.78, 5) is 10.7. The van der Waals surface area contributed by atoms with Crippen molar-refractivity contribution in [1.82, 2.24) is 5.32 Å². The average Bonchev–Trinajstić information content (AvgIpc) is 3.06. The van der Waals surface area contributed by atoms with Gasteiger partial charge in [-0.1, -0.05) is 0 Å². The van der Waals surface area contributed by atoms with Crippen LogP contribution in [0.3, 0.4) is 0 Å². The Morgan fingerprint density at radius 2 is 2.17 bits per heavy atom. The summed E-state index contributed by atoms with van der Waals surface area (Å²) in [6.45, 7) is 0. The van der Waals surface area contributed by atoms with E-state index in [4.69, 9.17) is 5.11 Å². The Kier molecular flexibility index (Phi) is 3.91. The van der Waals surface area contributed by atoms with Crippen LogP contribution >= 0.6 is 0 Å². The van der Waals surface area contributed by atoms with Crippen molar-refractivity contribution < 1.29 is 18.7 Å². The first-order valence-electron chi connectivity index (χ1n) is 5.96. The summed E-state index contributed by atoms with van der Waals surface area (Å²) in [5, 5.41) is 12.0. The Labute approximate surface area is 104 Å². The predicted octanol–water partition coefficient (Wildman–Crippen LogP) is 2.10. The molecule has 0 heterocycles. The fourth-order valence-electron chi connectivity index (χ4n) is 1.95. The number of hydrogen-bond acceptors (Lipinski definition) is 2. The van der Waals surface area contributed by atoms with Crippen LogP contribution < -0.4 is 5.32 Å². The third kappa shape index (κ3) is 3.77. The lowest BCUT2D eigenvalue weighted by Crippen LogP contribution is -2.35. The second-order valence-electron chi connectivity index (χ2n) is 4.68. The molecule has 1 aromatic carbocycles. The zero-order chi connectivity index (χ0) is 13.1. The highest BCUT2D eigenvalue weighted by atomic mass is 19.1. The Balaban J connectivity index is 2.05. The van der Waals surface area contributed by atoms with E-state index < -0.39 is 17.6 Å². The zero-order valence-corrected chi connectivity index (χ0v) is 9.83. The minimum absolute atomic E-state index is 0.0908. The first kappa shape index (κ1) is 13.0. The number of carboxylic acids is 1. The first-order valence-corrected chi connectivity index (χ1v) is 5.96. The molecule has 0 radical (unpaired) electrons. The highest BCUT2D eigenvalue weighted by Crippen LogP contribution is 2.21. The molecule has 0 bridgehead atoms. The standard InChI is InChI=1S/C13H15F2NO2/c14-9-1-4-12(15)8(5-9)6-11(7-13(17)18)16-10-2-3-10/h1,4-5,10-11,16H,2-3,6-7H2,(H,17,18). The Bertz CT molecular complexity index is 447. The van der Waals surface area contributed by atoms with Gasteiger partial charge in [0, 0.05) is 12.1 Å². The maximum Gasteiger partial charge on any atom is 0.304 e. The van der Waals surface area contributed by atoms with Crippen LogP contribution in [0.25, 0.3) is 0 Å². The van der Waals surface area contributed by atoms with E-state index in [2.05, 4.69) is 5.32 Å². The number of hydrogen-bond donors (Lipinski definition) is 2. The number of aliphatic carboxylic acids is 1. The van der Waals surface area contributed by atoms with Crippen molar-refractivity contribution in [2.75, 3.05) is 0 Å². The quantitative estimate of drug-likeness (QED) is 0.818. The lowest BCUT2D eigenvalue weighted by molar-refractivity contribution is -0.137. The number of halogens is 2. The van der Waals surface area contributed by atoms with E-state index in [1.165, 1.54) is 0 Å². The molecule has 2 N–H and O–H groups in total. The third-order valence-corrected chi connectivity index (χ3v) is 2.94. The number of carbonyl (C=O) groups is 1. The summed E-state index contributed by atoms with van der Waals surface area (Å²) in [6.07, 6.45) is 2.13. The fraction of sp³-hybridized carbons (Fsp3) is 0.462. The van der Waals surface area contributed by atoms with Crippen LogP contribution in [0, 0.1) is 11.6 Å². The number of rotatable bonds is 6. The molecule has 98 valence electrons.